The van der Waals surface area contributed by atoms with Gasteiger partial charge in [0.15, 0.2) is 0 Å². The Labute approximate surface area is 174 Å². The maximum atomic E-state index is 12.3. The smallest absolute Gasteiger partial charge is 0.223 e. The van der Waals surface area contributed by atoms with Crippen LogP contribution in [-0.4, -0.2) is 40.3 Å². The molecule has 3 rings (SSSR count). The lowest BCUT2D eigenvalue weighted by atomic mass is 9.89. The molecular weight excluding hydrogens is 364 g/mol. The zero-order valence-electron chi connectivity index (χ0n) is 17.9. The Morgan fingerprint density at radius 3 is 2.76 bits per heavy atom. The molecular formula is C23H34N4O2. The molecule has 1 aromatic heterocycles. The maximum Gasteiger partial charge on any atom is 0.223 e. The van der Waals surface area contributed by atoms with Gasteiger partial charge in [-0.15, -0.1) is 0 Å². The van der Waals surface area contributed by atoms with Gasteiger partial charge >= 0.3 is 0 Å². The molecule has 1 saturated carbocycles. The average molecular weight is 399 g/mol. The highest BCUT2D eigenvalue weighted by Crippen LogP contribution is 2.23. The second kappa shape index (κ2) is 10.4. The molecule has 1 aliphatic rings. The topological polar surface area (TPSA) is 59.4 Å². The number of nitrogens with zero attached hydrogens (tertiary/aromatic N) is 3. The molecule has 1 aliphatic carbocycles. The first-order valence-electron chi connectivity index (χ1n) is 10.7. The van der Waals surface area contributed by atoms with Crippen LogP contribution in [0.4, 0.5) is 0 Å². The van der Waals surface area contributed by atoms with Crippen LogP contribution in [0, 0.1) is 5.92 Å². The molecule has 2 aromatic rings. The quantitative estimate of drug-likeness (QED) is 0.702. The Bertz CT molecular complexity index is 783. The average Bonchev–Trinajstić information content (AvgIpc) is 3.11. The maximum absolute atomic E-state index is 12.3. The van der Waals surface area contributed by atoms with E-state index in [9.17, 15) is 4.79 Å². The van der Waals surface area contributed by atoms with Crippen molar-refractivity contribution in [2.24, 2.45) is 13.0 Å². The number of amides is 1. The second-order valence-corrected chi connectivity index (χ2v) is 8.35. The van der Waals surface area contributed by atoms with E-state index in [1.54, 1.807) is 0 Å². The van der Waals surface area contributed by atoms with Crippen molar-refractivity contribution in [1.29, 1.82) is 0 Å². The molecule has 0 saturated heterocycles. The van der Waals surface area contributed by atoms with E-state index in [1.165, 1.54) is 30.4 Å². The van der Waals surface area contributed by atoms with Crippen molar-refractivity contribution in [3.05, 3.63) is 47.8 Å². The summed E-state index contributed by atoms with van der Waals surface area (Å²) in [4.78, 5) is 14.6. The highest BCUT2D eigenvalue weighted by Gasteiger charge is 2.21. The summed E-state index contributed by atoms with van der Waals surface area (Å²) in [5.74, 6) is 1.22. The van der Waals surface area contributed by atoms with Crippen LogP contribution in [0.5, 0.6) is 5.75 Å². The van der Waals surface area contributed by atoms with Crippen LogP contribution in [0.15, 0.2) is 36.7 Å². The van der Waals surface area contributed by atoms with Crippen molar-refractivity contribution in [2.45, 2.75) is 58.2 Å². The molecule has 1 atom stereocenters. The molecule has 1 amide bonds. The second-order valence-electron chi connectivity index (χ2n) is 8.35. The number of rotatable bonds is 9. The third-order valence-corrected chi connectivity index (χ3v) is 5.44. The van der Waals surface area contributed by atoms with E-state index in [2.05, 4.69) is 34.5 Å². The summed E-state index contributed by atoms with van der Waals surface area (Å²) in [6.07, 6.45) is 9.53. The summed E-state index contributed by atoms with van der Waals surface area (Å²) in [5.41, 5.74) is 2.40. The summed E-state index contributed by atoms with van der Waals surface area (Å²) in [5, 5.41) is 7.29. The molecule has 0 spiro atoms. The molecule has 1 aromatic carbocycles. The number of hydrogen-bond acceptors (Lipinski definition) is 4. The van der Waals surface area contributed by atoms with Crippen LogP contribution in [0.2, 0.25) is 0 Å². The zero-order valence-corrected chi connectivity index (χ0v) is 17.9. The monoisotopic (exact) mass is 398 g/mol. The van der Waals surface area contributed by atoms with Crippen molar-refractivity contribution < 1.29 is 9.53 Å². The molecule has 0 aliphatic heterocycles. The standard InChI is InChI=1S/C23H34N4O2/c1-18(13-24-23(28)21-9-5-4-6-10-21)29-22-11-7-8-19(12-22)15-26(2)16-20-14-25-27(3)17-20/h7-8,11-12,14,17-18,21H,4-6,9-10,13,15-16H2,1-3H3,(H,24,28)/t18-/m1/s1. The van der Waals surface area contributed by atoms with Crippen LogP contribution in [0.1, 0.15) is 50.2 Å². The minimum atomic E-state index is -0.0640. The summed E-state index contributed by atoms with van der Waals surface area (Å²) in [6.45, 7) is 4.23. The molecule has 1 fully saturated rings. The van der Waals surface area contributed by atoms with E-state index in [-0.39, 0.29) is 17.9 Å². The highest BCUT2D eigenvalue weighted by atomic mass is 16.5. The molecule has 6 nitrogen and oxygen atoms in total. The van der Waals surface area contributed by atoms with E-state index in [0.29, 0.717) is 6.54 Å². The molecule has 0 radical (unpaired) electrons. The lowest BCUT2D eigenvalue weighted by Crippen LogP contribution is -2.38. The molecule has 6 heteroatoms. The van der Waals surface area contributed by atoms with E-state index in [4.69, 9.17) is 4.74 Å². The third-order valence-electron chi connectivity index (χ3n) is 5.44. The lowest BCUT2D eigenvalue weighted by Gasteiger charge is -2.22. The number of hydrogen-bond donors (Lipinski definition) is 1. The number of nitrogens with one attached hydrogen (secondary N) is 1. The largest absolute Gasteiger partial charge is 0.489 e. The Kier molecular flexibility index (Phi) is 7.69. The van der Waals surface area contributed by atoms with E-state index in [1.807, 2.05) is 43.2 Å². The number of carbonyl (C=O) groups excluding carboxylic acids is 1. The molecule has 158 valence electrons. The first kappa shape index (κ1) is 21.4. The van der Waals surface area contributed by atoms with Crippen LogP contribution < -0.4 is 10.1 Å². The van der Waals surface area contributed by atoms with Gasteiger partial charge < -0.3 is 10.1 Å². The van der Waals surface area contributed by atoms with Gasteiger partial charge in [-0.05, 0) is 44.5 Å². The predicted molar refractivity (Wildman–Crippen MR) is 114 cm³/mol. The third kappa shape index (κ3) is 6.89. The minimum absolute atomic E-state index is 0.0640. The summed E-state index contributed by atoms with van der Waals surface area (Å²) < 4.78 is 7.87. The van der Waals surface area contributed by atoms with Crippen LogP contribution in [0.25, 0.3) is 0 Å². The molecule has 29 heavy (non-hydrogen) atoms. The summed E-state index contributed by atoms with van der Waals surface area (Å²) in [6, 6.07) is 8.20. The minimum Gasteiger partial charge on any atom is -0.489 e. The van der Waals surface area contributed by atoms with Gasteiger partial charge in [0.2, 0.25) is 5.91 Å². The van der Waals surface area contributed by atoms with Crippen LogP contribution in [-0.2, 0) is 24.9 Å². The number of carbonyl (C=O) groups is 1. The Hall–Kier alpha value is -2.34. The highest BCUT2D eigenvalue weighted by molar-refractivity contribution is 5.78. The Morgan fingerprint density at radius 1 is 1.28 bits per heavy atom. The van der Waals surface area contributed by atoms with Gasteiger partial charge in [0.25, 0.3) is 0 Å². The normalized spacial score (nSPS) is 16.0. The van der Waals surface area contributed by atoms with Crippen LogP contribution >= 0.6 is 0 Å². The van der Waals surface area contributed by atoms with E-state index >= 15 is 0 Å². The first-order valence-corrected chi connectivity index (χ1v) is 10.7. The van der Waals surface area contributed by atoms with Gasteiger partial charge in [0.05, 0.1) is 12.7 Å². The fourth-order valence-corrected chi connectivity index (χ4v) is 3.98. The van der Waals surface area contributed by atoms with Crippen LogP contribution in [0.3, 0.4) is 0 Å². The van der Waals surface area contributed by atoms with Crippen molar-refractivity contribution in [1.82, 2.24) is 20.0 Å². The first-order chi connectivity index (χ1) is 14.0. The van der Waals surface area contributed by atoms with Gasteiger partial charge in [0, 0.05) is 37.8 Å². The lowest BCUT2D eigenvalue weighted by molar-refractivity contribution is -0.126. The molecule has 0 bridgehead atoms. The van der Waals surface area contributed by atoms with Gasteiger partial charge in [0.1, 0.15) is 11.9 Å². The number of aryl methyl sites for hydroxylation is 1. The Balaban J connectivity index is 1.45. The van der Waals surface area contributed by atoms with Gasteiger partial charge in [-0.25, -0.2) is 0 Å². The van der Waals surface area contributed by atoms with Gasteiger partial charge in [-0.1, -0.05) is 31.4 Å². The van der Waals surface area contributed by atoms with Crippen molar-refractivity contribution in [3.8, 4) is 5.75 Å². The molecule has 0 unspecified atom stereocenters. The molecule has 1 N–H and O–H groups in total. The number of aromatic nitrogens is 2. The van der Waals surface area contributed by atoms with Gasteiger partial charge in [-0.2, -0.15) is 5.10 Å². The van der Waals surface area contributed by atoms with E-state index < -0.39 is 0 Å². The fraction of sp³-hybridized carbons (Fsp3) is 0.565. The molecule has 1 heterocycles. The van der Waals surface area contributed by atoms with Crippen molar-refractivity contribution in [3.63, 3.8) is 0 Å². The summed E-state index contributed by atoms with van der Waals surface area (Å²) >= 11 is 0. The zero-order chi connectivity index (χ0) is 20.6. The number of ether oxygens (including phenoxy) is 1. The Morgan fingerprint density at radius 2 is 2.03 bits per heavy atom. The van der Waals surface area contributed by atoms with Crippen molar-refractivity contribution >= 4 is 5.91 Å². The van der Waals surface area contributed by atoms with Gasteiger partial charge in [-0.3, -0.25) is 14.4 Å². The predicted octanol–water partition coefficient (Wildman–Crippen LogP) is 3.52. The SMILES string of the molecule is C[C@H](CNC(=O)C1CCCCC1)Oc1cccc(CN(C)Cc2cnn(C)c2)c1. The van der Waals surface area contributed by atoms with Crippen molar-refractivity contribution in [2.75, 3.05) is 13.6 Å². The number of benzene rings is 1. The summed E-state index contributed by atoms with van der Waals surface area (Å²) in [7, 11) is 4.03. The van der Waals surface area contributed by atoms with E-state index in [0.717, 1.165) is 31.7 Å². The fourth-order valence-electron chi connectivity index (χ4n) is 3.98.